The highest BCUT2D eigenvalue weighted by Crippen LogP contribution is 2.15. The van der Waals surface area contributed by atoms with E-state index >= 15 is 0 Å². The van der Waals surface area contributed by atoms with Crippen molar-refractivity contribution < 1.29 is 9.90 Å². The molecule has 0 spiro atoms. The Morgan fingerprint density at radius 1 is 1.61 bits per heavy atom. The molecule has 1 aliphatic heterocycles. The molecule has 1 saturated heterocycles. The van der Waals surface area contributed by atoms with Gasteiger partial charge in [-0.05, 0) is 41.8 Å². The second kappa shape index (κ2) is 7.74. The standard InChI is InChI=1S/C12H18N2O2S.ClH/c15-11(9-4-6-17-8-9)7-14-12(16)10-3-1-2-5-13-10;/h4,6,8,10-11,13,15H,1-3,5,7H2,(H,14,16);1H. The minimum Gasteiger partial charge on any atom is -0.387 e. The first-order chi connectivity index (χ1) is 8.27. The van der Waals surface area contributed by atoms with E-state index in [0.29, 0.717) is 0 Å². The van der Waals surface area contributed by atoms with Gasteiger partial charge in [0.05, 0.1) is 12.1 Å². The third-order valence-corrected chi connectivity index (χ3v) is 3.73. The Morgan fingerprint density at radius 2 is 2.44 bits per heavy atom. The second-order valence-corrected chi connectivity index (χ2v) is 5.10. The maximum absolute atomic E-state index is 11.8. The summed E-state index contributed by atoms with van der Waals surface area (Å²) in [6.07, 6.45) is 2.52. The van der Waals surface area contributed by atoms with Crippen LogP contribution in [0.1, 0.15) is 30.9 Å². The first kappa shape index (κ1) is 15.4. The van der Waals surface area contributed by atoms with Crippen molar-refractivity contribution in [3.8, 4) is 0 Å². The number of amides is 1. The number of halogens is 1. The lowest BCUT2D eigenvalue weighted by Crippen LogP contribution is -2.47. The summed E-state index contributed by atoms with van der Waals surface area (Å²) in [6, 6.07) is 1.79. The molecule has 2 atom stereocenters. The van der Waals surface area contributed by atoms with Crippen LogP contribution >= 0.6 is 23.7 Å². The van der Waals surface area contributed by atoms with E-state index in [9.17, 15) is 9.90 Å². The van der Waals surface area contributed by atoms with Crippen LogP contribution in [0.5, 0.6) is 0 Å². The highest BCUT2D eigenvalue weighted by molar-refractivity contribution is 7.07. The monoisotopic (exact) mass is 290 g/mol. The minimum atomic E-state index is -0.603. The van der Waals surface area contributed by atoms with Gasteiger partial charge in [-0.2, -0.15) is 11.3 Å². The molecule has 1 aromatic rings. The molecular weight excluding hydrogens is 272 g/mol. The number of piperidine rings is 1. The van der Waals surface area contributed by atoms with Gasteiger partial charge in [-0.1, -0.05) is 6.42 Å². The van der Waals surface area contributed by atoms with Crippen molar-refractivity contribution in [3.05, 3.63) is 22.4 Å². The molecule has 102 valence electrons. The number of nitrogens with one attached hydrogen (secondary N) is 2. The van der Waals surface area contributed by atoms with E-state index in [0.717, 1.165) is 31.4 Å². The molecule has 18 heavy (non-hydrogen) atoms. The fourth-order valence-corrected chi connectivity index (χ4v) is 2.69. The summed E-state index contributed by atoms with van der Waals surface area (Å²) in [5, 5.41) is 19.6. The largest absolute Gasteiger partial charge is 0.387 e. The number of hydrogen-bond acceptors (Lipinski definition) is 4. The molecule has 1 aliphatic rings. The van der Waals surface area contributed by atoms with Crippen LogP contribution in [0, 0.1) is 0 Å². The molecular formula is C12H19ClN2O2S. The minimum absolute atomic E-state index is 0. The van der Waals surface area contributed by atoms with E-state index in [-0.39, 0.29) is 30.9 Å². The zero-order valence-electron chi connectivity index (χ0n) is 10.1. The van der Waals surface area contributed by atoms with Gasteiger partial charge in [-0.15, -0.1) is 12.4 Å². The van der Waals surface area contributed by atoms with Gasteiger partial charge in [0.25, 0.3) is 0 Å². The Kier molecular flexibility index (Phi) is 6.63. The summed E-state index contributed by atoms with van der Waals surface area (Å²) < 4.78 is 0. The Bertz CT molecular complexity index is 353. The molecule has 0 radical (unpaired) electrons. The molecule has 1 aromatic heterocycles. The first-order valence-electron chi connectivity index (χ1n) is 5.98. The fraction of sp³-hybridized carbons (Fsp3) is 0.583. The molecule has 2 heterocycles. The summed E-state index contributed by atoms with van der Waals surface area (Å²) in [5.74, 6) is -0.000945. The van der Waals surface area contributed by atoms with Crippen LogP contribution in [0.15, 0.2) is 16.8 Å². The number of aliphatic hydroxyl groups excluding tert-OH is 1. The van der Waals surface area contributed by atoms with Crippen LogP contribution in [0.2, 0.25) is 0 Å². The van der Waals surface area contributed by atoms with Crippen molar-refractivity contribution in [1.82, 2.24) is 10.6 Å². The molecule has 0 bridgehead atoms. The average molecular weight is 291 g/mol. The maximum atomic E-state index is 11.8. The van der Waals surface area contributed by atoms with E-state index in [1.165, 1.54) is 0 Å². The Morgan fingerprint density at radius 3 is 3.06 bits per heavy atom. The molecule has 1 amide bonds. The SMILES string of the molecule is Cl.O=C(NCC(O)c1ccsc1)C1CCCCN1. The van der Waals surface area contributed by atoms with Crippen LogP contribution in [0.25, 0.3) is 0 Å². The van der Waals surface area contributed by atoms with E-state index in [1.807, 2.05) is 16.8 Å². The summed E-state index contributed by atoms with van der Waals surface area (Å²) in [5.41, 5.74) is 0.868. The maximum Gasteiger partial charge on any atom is 0.237 e. The molecule has 0 aromatic carbocycles. The van der Waals surface area contributed by atoms with Crippen molar-refractivity contribution in [1.29, 1.82) is 0 Å². The Balaban J connectivity index is 0.00000162. The van der Waals surface area contributed by atoms with Crippen LogP contribution < -0.4 is 10.6 Å². The normalized spacial score (nSPS) is 20.8. The van der Waals surface area contributed by atoms with Gasteiger partial charge in [0.1, 0.15) is 0 Å². The second-order valence-electron chi connectivity index (χ2n) is 4.32. The average Bonchev–Trinajstić information content (AvgIpc) is 2.90. The van der Waals surface area contributed by atoms with Crippen molar-refractivity contribution in [2.75, 3.05) is 13.1 Å². The molecule has 0 saturated carbocycles. The van der Waals surface area contributed by atoms with Crippen LogP contribution in [-0.2, 0) is 4.79 Å². The topological polar surface area (TPSA) is 61.4 Å². The summed E-state index contributed by atoms with van der Waals surface area (Å²) >= 11 is 1.55. The third-order valence-electron chi connectivity index (χ3n) is 3.02. The van der Waals surface area contributed by atoms with E-state index < -0.39 is 6.10 Å². The van der Waals surface area contributed by atoms with Crippen molar-refractivity contribution in [2.45, 2.75) is 31.4 Å². The molecule has 2 rings (SSSR count). The molecule has 4 nitrogen and oxygen atoms in total. The number of thiophene rings is 1. The molecule has 2 unspecified atom stereocenters. The van der Waals surface area contributed by atoms with Crippen molar-refractivity contribution >= 4 is 29.7 Å². The first-order valence-corrected chi connectivity index (χ1v) is 6.93. The van der Waals surface area contributed by atoms with Gasteiger partial charge < -0.3 is 15.7 Å². The lowest BCUT2D eigenvalue weighted by Gasteiger charge is -2.23. The smallest absolute Gasteiger partial charge is 0.237 e. The van der Waals surface area contributed by atoms with Crippen LogP contribution in [0.4, 0.5) is 0 Å². The van der Waals surface area contributed by atoms with Crippen molar-refractivity contribution in [3.63, 3.8) is 0 Å². The van der Waals surface area contributed by atoms with Gasteiger partial charge in [0.2, 0.25) is 5.91 Å². The number of rotatable bonds is 4. The van der Waals surface area contributed by atoms with Crippen LogP contribution in [-0.4, -0.2) is 30.1 Å². The van der Waals surface area contributed by atoms with E-state index in [2.05, 4.69) is 10.6 Å². The number of aliphatic hydroxyl groups is 1. The number of hydrogen-bond donors (Lipinski definition) is 3. The molecule has 6 heteroatoms. The lowest BCUT2D eigenvalue weighted by atomic mass is 10.0. The van der Waals surface area contributed by atoms with Gasteiger partial charge >= 0.3 is 0 Å². The van der Waals surface area contributed by atoms with Gasteiger partial charge in [-0.3, -0.25) is 4.79 Å². The summed E-state index contributed by atoms with van der Waals surface area (Å²) in [6.45, 7) is 1.19. The predicted molar refractivity (Wildman–Crippen MR) is 75.2 cm³/mol. The number of carbonyl (C=O) groups excluding carboxylic acids is 1. The van der Waals surface area contributed by atoms with E-state index in [4.69, 9.17) is 0 Å². The zero-order chi connectivity index (χ0) is 12.1. The van der Waals surface area contributed by atoms with Gasteiger partial charge in [0.15, 0.2) is 0 Å². The zero-order valence-corrected chi connectivity index (χ0v) is 11.7. The van der Waals surface area contributed by atoms with Crippen LogP contribution in [0.3, 0.4) is 0 Å². The molecule has 1 fully saturated rings. The quantitative estimate of drug-likeness (QED) is 0.787. The molecule has 0 aliphatic carbocycles. The lowest BCUT2D eigenvalue weighted by molar-refractivity contribution is -0.124. The fourth-order valence-electron chi connectivity index (χ4n) is 1.98. The van der Waals surface area contributed by atoms with E-state index in [1.54, 1.807) is 11.3 Å². The highest BCUT2D eigenvalue weighted by Gasteiger charge is 2.20. The van der Waals surface area contributed by atoms with Crippen molar-refractivity contribution in [2.24, 2.45) is 0 Å². The molecule has 3 N–H and O–H groups in total. The highest BCUT2D eigenvalue weighted by atomic mass is 35.5. The summed E-state index contributed by atoms with van der Waals surface area (Å²) in [4.78, 5) is 11.8. The Hall–Kier alpha value is -0.620. The summed E-state index contributed by atoms with van der Waals surface area (Å²) in [7, 11) is 0. The van der Waals surface area contributed by atoms with Gasteiger partial charge in [0, 0.05) is 6.54 Å². The Labute approximate surface area is 117 Å². The number of carbonyl (C=O) groups is 1. The predicted octanol–water partition coefficient (Wildman–Crippen LogP) is 1.46. The van der Waals surface area contributed by atoms with Gasteiger partial charge in [-0.25, -0.2) is 0 Å². The third kappa shape index (κ3) is 4.24.